The molecule has 126 valence electrons. The second-order valence-electron chi connectivity index (χ2n) is 6.76. The molecule has 0 fully saturated rings. The Hall–Kier alpha value is -0.570. The highest BCUT2D eigenvalue weighted by atomic mass is 16.6. The van der Waals surface area contributed by atoms with E-state index in [-0.39, 0.29) is 12.6 Å². The molecule has 0 bridgehead atoms. The van der Waals surface area contributed by atoms with Gasteiger partial charge in [0.2, 0.25) is 0 Å². The SMILES string of the molecule is CC(C)CCCCCOCC(=O)OCCCCCC(C)C. The summed E-state index contributed by atoms with van der Waals surface area (Å²) in [6, 6.07) is 0. The van der Waals surface area contributed by atoms with Crippen LogP contribution in [-0.4, -0.2) is 25.8 Å². The highest BCUT2D eigenvalue weighted by Crippen LogP contribution is 2.09. The molecule has 0 aliphatic rings. The van der Waals surface area contributed by atoms with E-state index in [0.717, 1.165) is 31.1 Å². The first-order valence-corrected chi connectivity index (χ1v) is 8.75. The molecule has 0 amide bonds. The standard InChI is InChI=1S/C18H36O3/c1-16(2)11-7-5-9-13-20-15-18(19)21-14-10-6-8-12-17(3)4/h16-17H,5-15H2,1-4H3. The first-order chi connectivity index (χ1) is 10.0. The maximum Gasteiger partial charge on any atom is 0.332 e. The van der Waals surface area contributed by atoms with E-state index in [1.165, 1.54) is 32.1 Å². The van der Waals surface area contributed by atoms with Gasteiger partial charge in [0.15, 0.2) is 0 Å². The predicted octanol–water partition coefficient (Wildman–Crippen LogP) is 4.98. The molecule has 0 saturated carbocycles. The topological polar surface area (TPSA) is 35.5 Å². The van der Waals surface area contributed by atoms with Crippen LogP contribution in [0, 0.1) is 11.8 Å². The van der Waals surface area contributed by atoms with Gasteiger partial charge in [-0.1, -0.05) is 66.2 Å². The summed E-state index contributed by atoms with van der Waals surface area (Å²) in [5.41, 5.74) is 0. The third-order valence-electron chi connectivity index (χ3n) is 3.48. The molecule has 21 heavy (non-hydrogen) atoms. The zero-order chi connectivity index (χ0) is 15.9. The van der Waals surface area contributed by atoms with Crippen LogP contribution in [0.2, 0.25) is 0 Å². The zero-order valence-corrected chi connectivity index (χ0v) is 14.7. The number of unbranched alkanes of at least 4 members (excludes halogenated alkanes) is 4. The molecule has 0 aromatic rings. The van der Waals surface area contributed by atoms with Crippen LogP contribution >= 0.6 is 0 Å². The summed E-state index contributed by atoms with van der Waals surface area (Å²) >= 11 is 0. The summed E-state index contributed by atoms with van der Waals surface area (Å²) in [6.45, 7) is 10.3. The van der Waals surface area contributed by atoms with Crippen molar-refractivity contribution >= 4 is 5.97 Å². The average Bonchev–Trinajstić information content (AvgIpc) is 2.41. The number of carbonyl (C=O) groups is 1. The van der Waals surface area contributed by atoms with Gasteiger partial charge < -0.3 is 9.47 Å². The Labute approximate surface area is 131 Å². The van der Waals surface area contributed by atoms with Crippen molar-refractivity contribution in [3.8, 4) is 0 Å². The third kappa shape index (κ3) is 17.4. The van der Waals surface area contributed by atoms with Crippen molar-refractivity contribution in [1.29, 1.82) is 0 Å². The number of rotatable bonds is 14. The van der Waals surface area contributed by atoms with Gasteiger partial charge >= 0.3 is 5.97 Å². The minimum Gasteiger partial charge on any atom is -0.464 e. The number of esters is 1. The van der Waals surface area contributed by atoms with Crippen molar-refractivity contribution in [3.05, 3.63) is 0 Å². The Bertz CT molecular complexity index is 237. The van der Waals surface area contributed by atoms with E-state index in [1.54, 1.807) is 0 Å². The van der Waals surface area contributed by atoms with E-state index in [4.69, 9.17) is 9.47 Å². The molecule has 0 aromatic heterocycles. The summed E-state index contributed by atoms with van der Waals surface area (Å²) in [5.74, 6) is 1.32. The van der Waals surface area contributed by atoms with Crippen molar-refractivity contribution in [2.24, 2.45) is 11.8 Å². The fraction of sp³-hybridized carbons (Fsp3) is 0.944. The summed E-state index contributed by atoms with van der Waals surface area (Å²) in [6.07, 6.45) is 9.34. The normalized spacial score (nSPS) is 11.3. The minimum atomic E-state index is -0.221. The average molecular weight is 300 g/mol. The first-order valence-electron chi connectivity index (χ1n) is 8.75. The molecule has 0 spiro atoms. The Morgan fingerprint density at radius 1 is 0.762 bits per heavy atom. The van der Waals surface area contributed by atoms with Gasteiger partial charge in [0, 0.05) is 6.61 Å². The first kappa shape index (κ1) is 20.4. The molecular formula is C18H36O3. The smallest absolute Gasteiger partial charge is 0.332 e. The Morgan fingerprint density at radius 2 is 1.29 bits per heavy atom. The van der Waals surface area contributed by atoms with Crippen molar-refractivity contribution in [2.75, 3.05) is 19.8 Å². The molecule has 0 aliphatic carbocycles. The second kappa shape index (κ2) is 14.4. The Kier molecular flexibility index (Phi) is 14.0. The van der Waals surface area contributed by atoms with Crippen LogP contribution in [0.15, 0.2) is 0 Å². The van der Waals surface area contributed by atoms with Gasteiger partial charge in [0.1, 0.15) is 6.61 Å². The van der Waals surface area contributed by atoms with Gasteiger partial charge in [-0.2, -0.15) is 0 Å². The molecular weight excluding hydrogens is 264 g/mol. The van der Waals surface area contributed by atoms with E-state index in [1.807, 2.05) is 0 Å². The van der Waals surface area contributed by atoms with Crippen LogP contribution in [0.3, 0.4) is 0 Å². The molecule has 0 atom stereocenters. The quantitative estimate of drug-likeness (QED) is 0.335. The van der Waals surface area contributed by atoms with E-state index >= 15 is 0 Å². The molecule has 0 aromatic carbocycles. The number of hydrogen-bond acceptors (Lipinski definition) is 3. The van der Waals surface area contributed by atoms with Gasteiger partial charge in [0.25, 0.3) is 0 Å². The molecule has 0 radical (unpaired) electrons. The Balaban J connectivity index is 3.20. The van der Waals surface area contributed by atoms with E-state index in [9.17, 15) is 4.79 Å². The lowest BCUT2D eigenvalue weighted by Crippen LogP contribution is -2.14. The fourth-order valence-electron chi connectivity index (χ4n) is 2.15. The van der Waals surface area contributed by atoms with E-state index < -0.39 is 0 Å². The summed E-state index contributed by atoms with van der Waals surface area (Å²) in [4.78, 5) is 11.4. The Morgan fingerprint density at radius 3 is 1.81 bits per heavy atom. The lowest BCUT2D eigenvalue weighted by Gasteiger charge is -2.07. The van der Waals surface area contributed by atoms with Gasteiger partial charge in [0.05, 0.1) is 6.61 Å². The van der Waals surface area contributed by atoms with Crippen LogP contribution in [0.4, 0.5) is 0 Å². The molecule has 0 N–H and O–H groups in total. The van der Waals surface area contributed by atoms with Gasteiger partial charge in [-0.05, 0) is 24.7 Å². The number of hydrogen-bond donors (Lipinski definition) is 0. The molecule has 0 aliphatic heterocycles. The van der Waals surface area contributed by atoms with Crippen LogP contribution in [0.1, 0.15) is 79.1 Å². The largest absolute Gasteiger partial charge is 0.464 e. The molecule has 3 nitrogen and oxygen atoms in total. The third-order valence-corrected chi connectivity index (χ3v) is 3.48. The molecule has 3 heteroatoms. The van der Waals surface area contributed by atoms with E-state index in [2.05, 4.69) is 27.7 Å². The number of ether oxygens (including phenoxy) is 2. The van der Waals surface area contributed by atoms with Crippen LogP contribution in [0.25, 0.3) is 0 Å². The van der Waals surface area contributed by atoms with Crippen molar-refractivity contribution < 1.29 is 14.3 Å². The van der Waals surface area contributed by atoms with Gasteiger partial charge in [-0.3, -0.25) is 0 Å². The number of carbonyl (C=O) groups excluding carboxylic acids is 1. The molecule has 0 heterocycles. The van der Waals surface area contributed by atoms with Crippen molar-refractivity contribution in [1.82, 2.24) is 0 Å². The highest BCUT2D eigenvalue weighted by molar-refractivity contribution is 5.70. The monoisotopic (exact) mass is 300 g/mol. The summed E-state index contributed by atoms with van der Waals surface area (Å²) in [5, 5.41) is 0. The van der Waals surface area contributed by atoms with Crippen LogP contribution < -0.4 is 0 Å². The maximum atomic E-state index is 11.4. The second-order valence-corrected chi connectivity index (χ2v) is 6.76. The molecule has 0 rings (SSSR count). The lowest BCUT2D eigenvalue weighted by atomic mass is 10.1. The molecule has 0 unspecified atom stereocenters. The fourth-order valence-corrected chi connectivity index (χ4v) is 2.15. The van der Waals surface area contributed by atoms with Gasteiger partial charge in [-0.25, -0.2) is 4.79 Å². The summed E-state index contributed by atoms with van der Waals surface area (Å²) in [7, 11) is 0. The van der Waals surface area contributed by atoms with Crippen molar-refractivity contribution in [2.45, 2.75) is 79.1 Å². The molecule has 0 saturated heterocycles. The van der Waals surface area contributed by atoms with Crippen molar-refractivity contribution in [3.63, 3.8) is 0 Å². The van der Waals surface area contributed by atoms with Gasteiger partial charge in [-0.15, -0.1) is 0 Å². The summed E-state index contributed by atoms with van der Waals surface area (Å²) < 4.78 is 10.5. The van der Waals surface area contributed by atoms with E-state index in [0.29, 0.717) is 13.2 Å². The van der Waals surface area contributed by atoms with Crippen LogP contribution in [-0.2, 0) is 14.3 Å². The van der Waals surface area contributed by atoms with Crippen LogP contribution in [0.5, 0.6) is 0 Å². The maximum absolute atomic E-state index is 11.4. The lowest BCUT2D eigenvalue weighted by molar-refractivity contribution is -0.149. The predicted molar refractivity (Wildman–Crippen MR) is 88.4 cm³/mol. The zero-order valence-electron chi connectivity index (χ0n) is 14.7. The highest BCUT2D eigenvalue weighted by Gasteiger charge is 2.03. The minimum absolute atomic E-state index is 0.107.